The molecule has 4 rings (SSSR count). The molecule has 0 atom stereocenters. The van der Waals surface area contributed by atoms with Crippen LogP contribution in [0.5, 0.6) is 11.5 Å². The Morgan fingerprint density at radius 1 is 0.500 bits per heavy atom. The molecule has 188 valence electrons. The molecule has 0 aliphatic heterocycles. The van der Waals surface area contributed by atoms with Gasteiger partial charge in [0.1, 0.15) is 11.5 Å². The molecular weight excluding hydrogens is 476 g/mol. The van der Waals surface area contributed by atoms with E-state index >= 15 is 0 Å². The summed E-state index contributed by atoms with van der Waals surface area (Å²) in [6.07, 6.45) is 0. The van der Waals surface area contributed by atoms with Crippen molar-refractivity contribution in [3.63, 3.8) is 0 Å². The smallest absolute Gasteiger partial charge is 0.507 e. The first-order valence-electron chi connectivity index (χ1n) is 11.6. The largest absolute Gasteiger partial charge is 2.00 e. The van der Waals surface area contributed by atoms with Gasteiger partial charge in [-0.2, -0.15) is 0 Å². The fraction of sp³-hybridized carbons (Fsp3) is 0.212. The molecule has 0 heterocycles. The van der Waals surface area contributed by atoms with Crippen LogP contribution in [0.15, 0.2) is 91.0 Å². The number of aryl methyl sites for hydroxylation is 1. The molecule has 0 aliphatic rings. The van der Waals surface area contributed by atoms with E-state index in [-0.39, 0.29) is 36.6 Å². The van der Waals surface area contributed by atoms with Crippen LogP contribution in [0.2, 0.25) is 0 Å². The average Bonchev–Trinajstić information content (AvgIpc) is 2.81. The van der Waals surface area contributed by atoms with Crippen LogP contribution in [0.3, 0.4) is 0 Å². The molecule has 3 heteroatoms. The van der Waals surface area contributed by atoms with Gasteiger partial charge in [0.15, 0.2) is 0 Å². The zero-order chi connectivity index (χ0) is 24.0. The third-order valence-corrected chi connectivity index (χ3v) is 5.80. The number of benzene rings is 4. The Labute approximate surface area is 233 Å². The topological polar surface area (TPSA) is 40.5 Å². The molecule has 4 aromatic carbocycles. The number of phenols is 2. The number of aromatic hydroxyl groups is 2. The summed E-state index contributed by atoms with van der Waals surface area (Å²) in [5.74, 6) is 1.60. The van der Waals surface area contributed by atoms with Crippen LogP contribution in [0.1, 0.15) is 56.2 Å². The minimum absolute atomic E-state index is 0. The standard InChI is InChI=1S/C16H18O.C15H16O.2CH3.Ti/c1-11(2)13-6-4-5-7-14(13)15-10-12(3)8-9-16(15)17;1-11(2)12-7-3-4-8-13(12)14-9-5-6-10-15(14)16;;;/h4-11,17H,1-3H3;3-11,16H,1-2H3;2*1H3;/q;;2*-1;+2. The van der Waals surface area contributed by atoms with Gasteiger partial charge in [0, 0.05) is 11.1 Å². The van der Waals surface area contributed by atoms with Crippen LogP contribution in [0, 0.1) is 21.8 Å². The third kappa shape index (κ3) is 8.12. The predicted octanol–water partition coefficient (Wildman–Crippen LogP) is 9.57. The molecule has 0 spiro atoms. The van der Waals surface area contributed by atoms with E-state index in [9.17, 15) is 10.2 Å². The number of phenolic OH excluding ortho intramolecular Hbond substituents is 2. The van der Waals surface area contributed by atoms with Gasteiger partial charge in [-0.3, -0.25) is 0 Å². The molecular formula is C33H40O2Ti. The van der Waals surface area contributed by atoms with Crippen LogP contribution in [0.25, 0.3) is 22.3 Å². The summed E-state index contributed by atoms with van der Waals surface area (Å²) in [6.45, 7) is 10.7. The monoisotopic (exact) mass is 516 g/mol. The van der Waals surface area contributed by atoms with Crippen molar-refractivity contribution in [1.29, 1.82) is 0 Å². The minimum atomic E-state index is 0. The normalized spacial score (nSPS) is 9.86. The van der Waals surface area contributed by atoms with Crippen molar-refractivity contribution in [1.82, 2.24) is 0 Å². The molecule has 0 saturated heterocycles. The maximum atomic E-state index is 9.99. The molecule has 0 saturated carbocycles. The number of rotatable bonds is 4. The Kier molecular flexibility index (Phi) is 14.1. The van der Waals surface area contributed by atoms with Gasteiger partial charge in [0.05, 0.1) is 0 Å². The van der Waals surface area contributed by atoms with Crippen LogP contribution in [0.4, 0.5) is 0 Å². The summed E-state index contributed by atoms with van der Waals surface area (Å²) in [5.41, 5.74) is 7.79. The first-order chi connectivity index (χ1) is 15.8. The van der Waals surface area contributed by atoms with Crippen LogP contribution in [-0.4, -0.2) is 10.2 Å². The first-order valence-corrected chi connectivity index (χ1v) is 11.6. The number of hydrogen-bond donors (Lipinski definition) is 2. The van der Waals surface area contributed by atoms with Crippen molar-refractivity contribution >= 4 is 0 Å². The first kappa shape index (κ1) is 33.2. The molecule has 0 radical (unpaired) electrons. The molecule has 2 N–H and O–H groups in total. The van der Waals surface area contributed by atoms with Crippen LogP contribution in [-0.2, 0) is 21.7 Å². The summed E-state index contributed by atoms with van der Waals surface area (Å²) < 4.78 is 0. The molecule has 0 bridgehead atoms. The molecule has 4 aromatic rings. The fourth-order valence-electron chi connectivity index (χ4n) is 4.06. The SMILES string of the molecule is CC(C)c1ccccc1-c1ccccc1O.Cc1ccc(O)c(-c2ccccc2C(C)C)c1.[CH3-].[CH3-].[Ti+2]. The van der Waals surface area contributed by atoms with Crippen molar-refractivity contribution in [3.05, 3.63) is 123 Å². The maximum Gasteiger partial charge on any atom is 2.00 e. The average molecular weight is 517 g/mol. The summed E-state index contributed by atoms with van der Waals surface area (Å²) in [6, 6.07) is 29.7. The Hall–Kier alpha value is -2.81. The van der Waals surface area contributed by atoms with Crippen molar-refractivity contribution in [2.75, 3.05) is 0 Å². The molecule has 36 heavy (non-hydrogen) atoms. The Morgan fingerprint density at radius 3 is 1.36 bits per heavy atom. The van der Waals surface area contributed by atoms with E-state index < -0.39 is 0 Å². The summed E-state index contributed by atoms with van der Waals surface area (Å²) >= 11 is 0. The van der Waals surface area contributed by atoms with Crippen LogP contribution >= 0.6 is 0 Å². The minimum Gasteiger partial charge on any atom is -0.507 e. The molecule has 0 aromatic heterocycles. The molecule has 2 nitrogen and oxygen atoms in total. The Balaban J connectivity index is 0.000000629. The summed E-state index contributed by atoms with van der Waals surface area (Å²) in [7, 11) is 0. The number of hydrogen-bond acceptors (Lipinski definition) is 2. The van der Waals surface area contributed by atoms with Gasteiger partial charge in [-0.25, -0.2) is 0 Å². The van der Waals surface area contributed by atoms with Crippen molar-refractivity contribution in [2.45, 2.75) is 46.5 Å². The van der Waals surface area contributed by atoms with Gasteiger partial charge in [-0.15, -0.1) is 0 Å². The van der Waals surface area contributed by atoms with Gasteiger partial charge < -0.3 is 25.1 Å². The predicted molar refractivity (Wildman–Crippen MR) is 153 cm³/mol. The van der Waals surface area contributed by atoms with E-state index in [1.54, 1.807) is 12.1 Å². The van der Waals surface area contributed by atoms with Crippen molar-refractivity contribution in [2.24, 2.45) is 0 Å². The Morgan fingerprint density at radius 2 is 0.889 bits per heavy atom. The van der Waals surface area contributed by atoms with Crippen LogP contribution < -0.4 is 0 Å². The Bertz CT molecular complexity index is 1210. The second kappa shape index (κ2) is 15.3. The second-order valence-corrected chi connectivity index (χ2v) is 9.02. The molecule has 0 unspecified atom stereocenters. The third-order valence-electron chi connectivity index (χ3n) is 5.80. The molecule has 0 aliphatic carbocycles. The van der Waals surface area contributed by atoms with E-state index in [1.807, 2.05) is 61.5 Å². The van der Waals surface area contributed by atoms with Gasteiger partial charge in [0.2, 0.25) is 0 Å². The zero-order valence-corrected chi connectivity index (χ0v) is 24.3. The fourth-order valence-corrected chi connectivity index (χ4v) is 4.06. The maximum absolute atomic E-state index is 9.99. The quantitative estimate of drug-likeness (QED) is 0.209. The molecule has 0 amide bonds. The van der Waals surface area contributed by atoms with E-state index in [4.69, 9.17) is 0 Å². The van der Waals surface area contributed by atoms with Gasteiger partial charge in [0.25, 0.3) is 0 Å². The zero-order valence-electron chi connectivity index (χ0n) is 22.7. The van der Waals surface area contributed by atoms with Gasteiger partial charge in [-0.1, -0.05) is 106 Å². The van der Waals surface area contributed by atoms with Gasteiger partial charge >= 0.3 is 21.7 Å². The van der Waals surface area contributed by atoms with Gasteiger partial charge in [-0.05, 0) is 59.2 Å². The van der Waals surface area contributed by atoms with E-state index in [2.05, 4.69) is 52.0 Å². The van der Waals surface area contributed by atoms with E-state index in [0.717, 1.165) is 27.8 Å². The van der Waals surface area contributed by atoms with Crippen molar-refractivity contribution < 1.29 is 31.9 Å². The van der Waals surface area contributed by atoms with E-state index in [1.165, 1.54) is 11.1 Å². The molecule has 0 fully saturated rings. The summed E-state index contributed by atoms with van der Waals surface area (Å²) in [5, 5.41) is 19.9. The second-order valence-electron chi connectivity index (χ2n) is 9.02. The summed E-state index contributed by atoms with van der Waals surface area (Å²) in [4.78, 5) is 0. The van der Waals surface area contributed by atoms with E-state index in [0.29, 0.717) is 23.3 Å². The van der Waals surface area contributed by atoms with Crippen molar-refractivity contribution in [3.8, 4) is 33.8 Å². The number of para-hydroxylation sites is 1.